The number of carbonyl (C=O) groups is 2. The summed E-state index contributed by atoms with van der Waals surface area (Å²) in [6.07, 6.45) is 1.85. The highest BCUT2D eigenvalue weighted by molar-refractivity contribution is 5.89. The maximum absolute atomic E-state index is 13.3. The number of fused-ring (bicyclic) bond motifs is 1. The summed E-state index contributed by atoms with van der Waals surface area (Å²) in [5.74, 6) is -1.92. The van der Waals surface area contributed by atoms with Crippen LogP contribution in [0.25, 0.3) is 0 Å². The molecule has 3 rings (SSSR count). The maximum Gasteiger partial charge on any atom is 0.333 e. The van der Waals surface area contributed by atoms with Gasteiger partial charge in [-0.25, -0.2) is 9.18 Å². The van der Waals surface area contributed by atoms with E-state index < -0.39 is 23.4 Å². The smallest absolute Gasteiger partial charge is 0.333 e. The van der Waals surface area contributed by atoms with Gasteiger partial charge in [-0.15, -0.1) is 0 Å². The van der Waals surface area contributed by atoms with Crippen LogP contribution < -0.4 is 0 Å². The molecule has 0 spiro atoms. The Morgan fingerprint density at radius 2 is 1.85 bits per heavy atom. The number of hydrogen-bond donors (Lipinski definition) is 0. The molecule has 26 heavy (non-hydrogen) atoms. The van der Waals surface area contributed by atoms with Crippen molar-refractivity contribution in [1.82, 2.24) is 0 Å². The molecule has 2 aliphatic rings. The average Bonchev–Trinajstić information content (AvgIpc) is 3.03. The second-order valence-corrected chi connectivity index (χ2v) is 7.47. The topological polar surface area (TPSA) is 61.8 Å². The van der Waals surface area contributed by atoms with Crippen molar-refractivity contribution in [2.75, 3.05) is 20.8 Å². The molecule has 1 aliphatic carbocycles. The highest BCUT2D eigenvalue weighted by Crippen LogP contribution is 2.61. The molecule has 5 nitrogen and oxygen atoms in total. The minimum atomic E-state index is -0.722. The number of hydrogen-bond acceptors (Lipinski definition) is 5. The summed E-state index contributed by atoms with van der Waals surface area (Å²) < 4.78 is 29.3. The van der Waals surface area contributed by atoms with Gasteiger partial charge < -0.3 is 14.2 Å². The van der Waals surface area contributed by atoms with E-state index in [0.29, 0.717) is 24.2 Å². The van der Waals surface area contributed by atoms with Gasteiger partial charge in [-0.2, -0.15) is 0 Å². The number of rotatable bonds is 4. The van der Waals surface area contributed by atoms with E-state index in [1.807, 2.05) is 19.9 Å². The Hall–Kier alpha value is -2.21. The van der Waals surface area contributed by atoms with Crippen LogP contribution in [0.2, 0.25) is 0 Å². The first kappa shape index (κ1) is 18.6. The van der Waals surface area contributed by atoms with Crippen LogP contribution in [0.3, 0.4) is 0 Å². The molecule has 1 aliphatic heterocycles. The number of carbonyl (C=O) groups excluding carboxylic acids is 2. The molecule has 0 aromatic heterocycles. The Labute approximate surface area is 152 Å². The van der Waals surface area contributed by atoms with Crippen molar-refractivity contribution >= 4 is 11.9 Å². The molecule has 1 aromatic carbocycles. The lowest BCUT2D eigenvalue weighted by atomic mass is 9.64. The number of halogens is 1. The molecular weight excluding hydrogens is 339 g/mol. The van der Waals surface area contributed by atoms with E-state index in [-0.39, 0.29) is 17.2 Å². The first-order valence-electron chi connectivity index (χ1n) is 8.51. The molecule has 0 radical (unpaired) electrons. The fourth-order valence-corrected chi connectivity index (χ4v) is 4.21. The van der Waals surface area contributed by atoms with Crippen molar-refractivity contribution < 1.29 is 28.2 Å². The molecule has 1 heterocycles. The van der Waals surface area contributed by atoms with Gasteiger partial charge >= 0.3 is 11.9 Å². The van der Waals surface area contributed by atoms with Gasteiger partial charge in [0.25, 0.3) is 0 Å². The fraction of sp³-hybridized carbons (Fsp3) is 0.500. The number of ether oxygens (including phenoxy) is 3. The first-order valence-corrected chi connectivity index (χ1v) is 8.51. The second-order valence-electron chi connectivity index (χ2n) is 7.47. The summed E-state index contributed by atoms with van der Waals surface area (Å²) in [5, 5.41) is 0. The molecule has 0 bridgehead atoms. The highest BCUT2D eigenvalue weighted by atomic mass is 19.1. The van der Waals surface area contributed by atoms with Crippen LogP contribution in [0.15, 0.2) is 35.9 Å². The maximum atomic E-state index is 13.3. The molecule has 4 atom stereocenters. The average molecular weight is 362 g/mol. The van der Waals surface area contributed by atoms with Gasteiger partial charge in [-0.05, 0) is 24.1 Å². The van der Waals surface area contributed by atoms with Gasteiger partial charge in [-0.3, -0.25) is 4.79 Å². The first-order chi connectivity index (χ1) is 12.3. The van der Waals surface area contributed by atoms with Gasteiger partial charge in [0.15, 0.2) is 0 Å². The number of esters is 2. The van der Waals surface area contributed by atoms with E-state index >= 15 is 0 Å². The third kappa shape index (κ3) is 2.72. The van der Waals surface area contributed by atoms with Crippen LogP contribution in [0.1, 0.15) is 31.7 Å². The lowest BCUT2D eigenvalue weighted by Gasteiger charge is -2.38. The van der Waals surface area contributed by atoms with E-state index in [1.54, 1.807) is 12.1 Å². The van der Waals surface area contributed by atoms with Crippen molar-refractivity contribution in [1.29, 1.82) is 0 Å². The van der Waals surface area contributed by atoms with Gasteiger partial charge in [0.2, 0.25) is 0 Å². The molecule has 0 amide bonds. The molecule has 1 fully saturated rings. The predicted octanol–water partition coefficient (Wildman–Crippen LogP) is 3.00. The molecular formula is C20H23FO5. The molecule has 1 aromatic rings. The molecule has 140 valence electrons. The summed E-state index contributed by atoms with van der Waals surface area (Å²) in [4.78, 5) is 24.6. The van der Waals surface area contributed by atoms with Crippen molar-refractivity contribution in [2.45, 2.75) is 32.3 Å². The lowest BCUT2D eigenvalue weighted by molar-refractivity contribution is -0.147. The Morgan fingerprint density at radius 1 is 1.19 bits per heavy atom. The summed E-state index contributed by atoms with van der Waals surface area (Å²) in [6.45, 7) is 4.43. The zero-order valence-corrected chi connectivity index (χ0v) is 15.4. The van der Waals surface area contributed by atoms with Crippen molar-refractivity contribution in [3.63, 3.8) is 0 Å². The van der Waals surface area contributed by atoms with Crippen molar-refractivity contribution in [3.05, 3.63) is 47.3 Å². The van der Waals surface area contributed by atoms with Crippen LogP contribution in [0, 0.1) is 16.6 Å². The fourth-order valence-electron chi connectivity index (χ4n) is 4.21. The van der Waals surface area contributed by atoms with Crippen molar-refractivity contribution in [3.8, 4) is 0 Å². The van der Waals surface area contributed by atoms with Crippen LogP contribution in [-0.2, 0) is 23.8 Å². The zero-order valence-electron chi connectivity index (χ0n) is 15.4. The summed E-state index contributed by atoms with van der Waals surface area (Å²) in [6, 6.07) is 5.76. The van der Waals surface area contributed by atoms with Crippen LogP contribution in [0.4, 0.5) is 4.39 Å². The minimum Gasteiger partial charge on any atom is -0.468 e. The normalized spacial score (nSPS) is 31.1. The van der Waals surface area contributed by atoms with Crippen LogP contribution >= 0.6 is 0 Å². The molecule has 6 heteroatoms. The largest absolute Gasteiger partial charge is 0.468 e. The predicted molar refractivity (Wildman–Crippen MR) is 91.8 cm³/mol. The standard InChI is InChI=1S/C20H23FO5/c1-19-9-13(17(22)24-3)10-20(19,2)16(26-11-19)15(18(23)25-4)12-5-7-14(21)8-6-12/h5-8,10,15-16H,9,11H2,1-4H3/t15?,16-,19-,20+/m1/s1. The van der Waals surface area contributed by atoms with Gasteiger partial charge in [0.05, 0.1) is 26.9 Å². The monoisotopic (exact) mass is 362 g/mol. The van der Waals surface area contributed by atoms with E-state index in [0.717, 1.165) is 0 Å². The van der Waals surface area contributed by atoms with E-state index in [2.05, 4.69) is 0 Å². The van der Waals surface area contributed by atoms with E-state index in [9.17, 15) is 14.0 Å². The SMILES string of the molecule is COC(=O)C1=C[C@@]2(C)[C@@H](C(C(=O)OC)c3ccc(F)cc3)OC[C@@]2(C)C1. The summed E-state index contributed by atoms with van der Waals surface area (Å²) >= 11 is 0. The third-order valence-electron chi connectivity index (χ3n) is 5.96. The molecule has 0 N–H and O–H groups in total. The second kappa shape index (κ2) is 6.50. The van der Waals surface area contributed by atoms with Crippen molar-refractivity contribution in [2.24, 2.45) is 10.8 Å². The van der Waals surface area contributed by atoms with E-state index in [1.165, 1.54) is 26.4 Å². The quantitative estimate of drug-likeness (QED) is 0.771. The highest BCUT2D eigenvalue weighted by Gasteiger charge is 2.62. The number of benzene rings is 1. The molecule has 1 unspecified atom stereocenters. The molecule has 0 saturated carbocycles. The number of methoxy groups -OCH3 is 2. The van der Waals surface area contributed by atoms with Gasteiger partial charge in [0, 0.05) is 16.4 Å². The van der Waals surface area contributed by atoms with Crippen LogP contribution in [-0.4, -0.2) is 38.9 Å². The lowest BCUT2D eigenvalue weighted by Crippen LogP contribution is -2.41. The minimum absolute atomic E-state index is 0.340. The van der Waals surface area contributed by atoms with Gasteiger partial charge in [0.1, 0.15) is 11.7 Å². The summed E-state index contributed by atoms with van der Waals surface area (Å²) in [7, 11) is 2.67. The molecule has 1 saturated heterocycles. The van der Waals surface area contributed by atoms with E-state index in [4.69, 9.17) is 14.2 Å². The van der Waals surface area contributed by atoms with Crippen LogP contribution in [0.5, 0.6) is 0 Å². The summed E-state index contributed by atoms with van der Waals surface area (Å²) in [5.41, 5.74) is 0.305. The zero-order chi connectivity index (χ0) is 19.1. The Balaban J connectivity index is 2.05. The Morgan fingerprint density at radius 3 is 2.42 bits per heavy atom. The van der Waals surface area contributed by atoms with Gasteiger partial charge in [-0.1, -0.05) is 32.1 Å². The Kier molecular flexibility index (Phi) is 4.65. The third-order valence-corrected chi connectivity index (χ3v) is 5.96. The Bertz CT molecular complexity index is 756.